The van der Waals surface area contributed by atoms with Crippen molar-refractivity contribution in [2.75, 3.05) is 13.7 Å². The monoisotopic (exact) mass is 225 g/mol. The van der Waals surface area contributed by atoms with Gasteiger partial charge in [-0.2, -0.15) is 5.10 Å². The maximum absolute atomic E-state index is 5.74. The van der Waals surface area contributed by atoms with Gasteiger partial charge < -0.3 is 10.1 Å². The van der Waals surface area contributed by atoms with Crippen LogP contribution in [-0.2, 0) is 11.3 Å². The van der Waals surface area contributed by atoms with E-state index in [9.17, 15) is 0 Å². The van der Waals surface area contributed by atoms with E-state index in [0.29, 0.717) is 0 Å². The van der Waals surface area contributed by atoms with Crippen molar-refractivity contribution in [2.45, 2.75) is 45.9 Å². The van der Waals surface area contributed by atoms with Gasteiger partial charge in [-0.1, -0.05) is 6.92 Å². The van der Waals surface area contributed by atoms with Crippen LogP contribution >= 0.6 is 0 Å². The molecule has 0 saturated heterocycles. The van der Waals surface area contributed by atoms with Crippen LogP contribution in [0.4, 0.5) is 0 Å². The molecular formula is C12H23N3O. The van der Waals surface area contributed by atoms with Crippen molar-refractivity contribution in [3.8, 4) is 0 Å². The first-order valence-corrected chi connectivity index (χ1v) is 6.07. The third kappa shape index (κ3) is 3.06. The number of hydrogen-bond acceptors (Lipinski definition) is 3. The van der Waals surface area contributed by atoms with Gasteiger partial charge in [0.1, 0.15) is 0 Å². The predicted molar refractivity (Wildman–Crippen MR) is 65.4 cm³/mol. The summed E-state index contributed by atoms with van der Waals surface area (Å²) in [6, 6.07) is 0.227. The fourth-order valence-electron chi connectivity index (χ4n) is 1.94. The summed E-state index contributed by atoms with van der Waals surface area (Å²) in [5, 5.41) is 7.61. The highest BCUT2D eigenvalue weighted by Crippen LogP contribution is 2.20. The molecule has 1 aromatic heterocycles. The molecule has 92 valence electrons. The van der Waals surface area contributed by atoms with E-state index in [0.717, 1.165) is 19.6 Å². The summed E-state index contributed by atoms with van der Waals surface area (Å²) in [6.07, 6.45) is 5.22. The zero-order valence-electron chi connectivity index (χ0n) is 10.7. The molecule has 0 aliphatic heterocycles. The smallest absolute Gasteiger partial charge is 0.0768 e. The van der Waals surface area contributed by atoms with Crippen molar-refractivity contribution in [3.05, 3.63) is 18.0 Å². The summed E-state index contributed by atoms with van der Waals surface area (Å²) in [6.45, 7) is 7.92. The molecule has 0 radical (unpaired) electrons. The number of aromatic nitrogens is 2. The largest absolute Gasteiger partial charge is 0.377 e. The molecule has 0 fully saturated rings. The lowest BCUT2D eigenvalue weighted by atomic mass is 10.0. The Bertz CT molecular complexity index is 298. The third-order valence-corrected chi connectivity index (χ3v) is 2.80. The van der Waals surface area contributed by atoms with Gasteiger partial charge in [-0.05, 0) is 27.3 Å². The van der Waals surface area contributed by atoms with Crippen LogP contribution in [0.15, 0.2) is 12.4 Å². The first-order chi connectivity index (χ1) is 7.76. The van der Waals surface area contributed by atoms with Crippen LogP contribution in [0.3, 0.4) is 0 Å². The van der Waals surface area contributed by atoms with Gasteiger partial charge in [0.25, 0.3) is 0 Å². The maximum Gasteiger partial charge on any atom is 0.0768 e. The highest BCUT2D eigenvalue weighted by atomic mass is 16.5. The van der Waals surface area contributed by atoms with Crippen LogP contribution in [0.5, 0.6) is 0 Å². The summed E-state index contributed by atoms with van der Waals surface area (Å²) < 4.78 is 7.68. The van der Waals surface area contributed by atoms with E-state index in [1.165, 1.54) is 5.56 Å². The Morgan fingerprint density at radius 2 is 2.19 bits per heavy atom. The maximum atomic E-state index is 5.74. The molecule has 4 nitrogen and oxygen atoms in total. The Morgan fingerprint density at radius 3 is 2.62 bits per heavy atom. The molecule has 0 amide bonds. The molecule has 4 heteroatoms. The van der Waals surface area contributed by atoms with E-state index >= 15 is 0 Å². The van der Waals surface area contributed by atoms with Gasteiger partial charge in [0.2, 0.25) is 0 Å². The molecule has 1 heterocycles. The fourth-order valence-corrected chi connectivity index (χ4v) is 1.94. The number of aryl methyl sites for hydroxylation is 1. The summed E-state index contributed by atoms with van der Waals surface area (Å²) in [7, 11) is 1.97. The van der Waals surface area contributed by atoms with Gasteiger partial charge in [-0.25, -0.2) is 0 Å². The lowest BCUT2D eigenvalue weighted by molar-refractivity contribution is 0.0334. The average Bonchev–Trinajstić information content (AvgIpc) is 2.77. The minimum atomic E-state index is 0.213. The molecule has 0 spiro atoms. The molecular weight excluding hydrogens is 202 g/mol. The van der Waals surface area contributed by atoms with Crippen LogP contribution < -0.4 is 5.32 Å². The van der Waals surface area contributed by atoms with E-state index in [1.807, 2.05) is 24.9 Å². The van der Waals surface area contributed by atoms with Gasteiger partial charge in [0.05, 0.1) is 18.3 Å². The van der Waals surface area contributed by atoms with E-state index in [1.54, 1.807) is 0 Å². The average molecular weight is 225 g/mol. The minimum absolute atomic E-state index is 0.213. The van der Waals surface area contributed by atoms with E-state index < -0.39 is 0 Å². The summed E-state index contributed by atoms with van der Waals surface area (Å²) in [5.74, 6) is 0. The van der Waals surface area contributed by atoms with Crippen LogP contribution in [0.25, 0.3) is 0 Å². The quantitative estimate of drug-likeness (QED) is 0.771. The molecule has 1 rings (SSSR count). The second-order valence-electron chi connectivity index (χ2n) is 3.80. The van der Waals surface area contributed by atoms with Crippen molar-refractivity contribution in [1.82, 2.24) is 15.1 Å². The molecule has 16 heavy (non-hydrogen) atoms. The van der Waals surface area contributed by atoms with E-state index in [4.69, 9.17) is 4.74 Å². The zero-order valence-corrected chi connectivity index (χ0v) is 10.7. The third-order valence-electron chi connectivity index (χ3n) is 2.80. The second-order valence-corrected chi connectivity index (χ2v) is 3.80. The van der Waals surface area contributed by atoms with Crippen LogP contribution in [-0.4, -0.2) is 29.5 Å². The molecule has 1 N–H and O–H groups in total. The van der Waals surface area contributed by atoms with E-state index in [2.05, 4.69) is 30.5 Å². The summed E-state index contributed by atoms with van der Waals surface area (Å²) >= 11 is 0. The molecule has 2 atom stereocenters. The fraction of sp³-hybridized carbons (Fsp3) is 0.750. The normalized spacial score (nSPS) is 15.0. The van der Waals surface area contributed by atoms with Crippen LogP contribution in [0.2, 0.25) is 0 Å². The Labute approximate surface area is 98.0 Å². The zero-order chi connectivity index (χ0) is 12.0. The Kier molecular flexibility index (Phi) is 5.49. The summed E-state index contributed by atoms with van der Waals surface area (Å²) in [5.41, 5.74) is 1.20. The second kappa shape index (κ2) is 6.66. The van der Waals surface area contributed by atoms with Gasteiger partial charge in [-0.15, -0.1) is 0 Å². The Hall–Kier alpha value is -0.870. The number of likely N-dealkylation sites (N-methyl/N-ethyl adjacent to an activating group) is 1. The van der Waals surface area contributed by atoms with Crippen molar-refractivity contribution >= 4 is 0 Å². The molecule has 0 aliphatic rings. The number of hydrogen-bond donors (Lipinski definition) is 1. The van der Waals surface area contributed by atoms with E-state index in [-0.39, 0.29) is 12.1 Å². The Morgan fingerprint density at radius 1 is 1.44 bits per heavy atom. The predicted octanol–water partition coefficient (Wildman–Crippen LogP) is 1.98. The topological polar surface area (TPSA) is 39.1 Å². The Balaban J connectivity index is 2.78. The standard InChI is InChI=1S/C12H23N3O/c1-5-11(16-7-3)12(13-4)10-8-14-15(6-2)9-10/h8-9,11-13H,5-7H2,1-4H3. The highest BCUT2D eigenvalue weighted by molar-refractivity contribution is 5.12. The minimum Gasteiger partial charge on any atom is -0.377 e. The van der Waals surface area contributed by atoms with Crippen molar-refractivity contribution in [1.29, 1.82) is 0 Å². The highest BCUT2D eigenvalue weighted by Gasteiger charge is 2.21. The molecule has 0 saturated carbocycles. The lowest BCUT2D eigenvalue weighted by Gasteiger charge is -2.24. The first-order valence-electron chi connectivity index (χ1n) is 6.07. The van der Waals surface area contributed by atoms with Crippen molar-refractivity contribution in [3.63, 3.8) is 0 Å². The van der Waals surface area contributed by atoms with Crippen LogP contribution in [0.1, 0.15) is 38.8 Å². The summed E-state index contributed by atoms with van der Waals surface area (Å²) in [4.78, 5) is 0. The van der Waals surface area contributed by atoms with Crippen molar-refractivity contribution in [2.24, 2.45) is 0 Å². The SMILES string of the molecule is CCOC(CC)C(NC)c1cnn(CC)c1. The van der Waals surface area contributed by atoms with Crippen molar-refractivity contribution < 1.29 is 4.74 Å². The molecule has 2 unspecified atom stereocenters. The van der Waals surface area contributed by atoms with Gasteiger partial charge >= 0.3 is 0 Å². The number of nitrogens with zero attached hydrogens (tertiary/aromatic N) is 2. The van der Waals surface area contributed by atoms with Gasteiger partial charge in [0.15, 0.2) is 0 Å². The first kappa shape index (κ1) is 13.2. The molecule has 0 bridgehead atoms. The molecule has 0 aliphatic carbocycles. The molecule has 1 aromatic rings. The number of nitrogens with one attached hydrogen (secondary N) is 1. The van der Waals surface area contributed by atoms with Gasteiger partial charge in [-0.3, -0.25) is 4.68 Å². The van der Waals surface area contributed by atoms with Gasteiger partial charge in [0, 0.05) is 24.9 Å². The molecule has 0 aromatic carbocycles. The number of rotatable bonds is 7. The lowest BCUT2D eigenvalue weighted by Crippen LogP contribution is -2.31. The van der Waals surface area contributed by atoms with Crippen LogP contribution in [0, 0.1) is 0 Å². The number of ether oxygens (including phenoxy) is 1.